The number of hydrogen-bond donors (Lipinski definition) is 0. The summed E-state index contributed by atoms with van der Waals surface area (Å²) in [5.74, 6) is 0.362. The SMILES string of the molecule is CC(C)(C)OC(=O)N1CCOC[C@H]1c1nnco1. The third-order valence-corrected chi connectivity index (χ3v) is 2.42. The molecule has 7 nitrogen and oxygen atoms in total. The molecule has 0 saturated carbocycles. The molecule has 100 valence electrons. The third-order valence-electron chi connectivity index (χ3n) is 2.42. The van der Waals surface area contributed by atoms with Crippen LogP contribution in [0.4, 0.5) is 4.79 Å². The number of ether oxygens (including phenoxy) is 2. The van der Waals surface area contributed by atoms with E-state index in [1.807, 2.05) is 20.8 Å². The zero-order chi connectivity index (χ0) is 13.2. The van der Waals surface area contributed by atoms with Gasteiger partial charge in [0.25, 0.3) is 0 Å². The standard InChI is InChI=1S/C11H17N3O4/c1-11(2,3)18-10(15)14-4-5-16-6-8(14)9-13-12-7-17-9/h7-8H,4-6H2,1-3H3/t8-/m0/s1. The molecule has 1 aromatic heterocycles. The van der Waals surface area contributed by atoms with Gasteiger partial charge in [0, 0.05) is 6.54 Å². The lowest BCUT2D eigenvalue weighted by molar-refractivity contribution is -0.0391. The average Bonchev–Trinajstić information content (AvgIpc) is 2.80. The molecule has 1 saturated heterocycles. The Morgan fingerprint density at radius 1 is 1.56 bits per heavy atom. The van der Waals surface area contributed by atoms with Gasteiger partial charge in [-0.25, -0.2) is 4.79 Å². The molecule has 0 aliphatic carbocycles. The minimum absolute atomic E-state index is 0.335. The highest BCUT2D eigenvalue weighted by Crippen LogP contribution is 2.24. The van der Waals surface area contributed by atoms with Gasteiger partial charge in [0.05, 0.1) is 13.2 Å². The first-order valence-electron chi connectivity index (χ1n) is 5.81. The second kappa shape index (κ2) is 4.93. The molecular weight excluding hydrogens is 238 g/mol. The van der Waals surface area contributed by atoms with Crippen molar-refractivity contribution in [3.8, 4) is 0 Å². The smallest absolute Gasteiger partial charge is 0.411 e. The molecule has 1 atom stereocenters. The van der Waals surface area contributed by atoms with Gasteiger partial charge < -0.3 is 13.9 Å². The van der Waals surface area contributed by atoms with Crippen LogP contribution in [0.5, 0.6) is 0 Å². The van der Waals surface area contributed by atoms with Crippen LogP contribution in [0.1, 0.15) is 32.7 Å². The van der Waals surface area contributed by atoms with Gasteiger partial charge in [-0.2, -0.15) is 0 Å². The largest absolute Gasteiger partial charge is 0.444 e. The molecular formula is C11H17N3O4. The fourth-order valence-electron chi connectivity index (χ4n) is 1.67. The molecule has 0 bridgehead atoms. The number of carbonyl (C=O) groups is 1. The van der Waals surface area contributed by atoms with E-state index in [4.69, 9.17) is 13.9 Å². The zero-order valence-electron chi connectivity index (χ0n) is 10.8. The zero-order valence-corrected chi connectivity index (χ0v) is 10.8. The predicted molar refractivity (Wildman–Crippen MR) is 60.8 cm³/mol. The van der Waals surface area contributed by atoms with E-state index in [1.54, 1.807) is 4.90 Å². The van der Waals surface area contributed by atoms with Crippen LogP contribution in [0.15, 0.2) is 10.8 Å². The van der Waals surface area contributed by atoms with E-state index in [0.29, 0.717) is 25.6 Å². The molecule has 2 rings (SSSR count). The Bertz CT molecular complexity index is 399. The number of amides is 1. The molecule has 1 amide bonds. The van der Waals surface area contributed by atoms with Crippen LogP contribution in [-0.4, -0.2) is 46.6 Å². The first-order valence-corrected chi connectivity index (χ1v) is 5.81. The lowest BCUT2D eigenvalue weighted by atomic mass is 10.2. The van der Waals surface area contributed by atoms with Crippen molar-refractivity contribution in [2.45, 2.75) is 32.4 Å². The lowest BCUT2D eigenvalue weighted by Gasteiger charge is -2.34. The maximum absolute atomic E-state index is 12.1. The van der Waals surface area contributed by atoms with Crippen LogP contribution < -0.4 is 0 Å². The van der Waals surface area contributed by atoms with Gasteiger partial charge in [-0.15, -0.1) is 10.2 Å². The van der Waals surface area contributed by atoms with Crippen molar-refractivity contribution >= 4 is 6.09 Å². The molecule has 7 heteroatoms. The Morgan fingerprint density at radius 3 is 2.94 bits per heavy atom. The van der Waals surface area contributed by atoms with E-state index >= 15 is 0 Å². The second-order valence-electron chi connectivity index (χ2n) is 5.04. The van der Waals surface area contributed by atoms with Crippen molar-refractivity contribution < 1.29 is 18.7 Å². The summed E-state index contributed by atoms with van der Waals surface area (Å²) in [6, 6.07) is -0.379. The highest BCUT2D eigenvalue weighted by Gasteiger charge is 2.34. The molecule has 0 N–H and O–H groups in total. The summed E-state index contributed by atoms with van der Waals surface area (Å²) < 4.78 is 15.8. The average molecular weight is 255 g/mol. The van der Waals surface area contributed by atoms with Crippen molar-refractivity contribution in [1.29, 1.82) is 0 Å². The molecule has 0 aromatic carbocycles. The van der Waals surface area contributed by atoms with Gasteiger partial charge >= 0.3 is 6.09 Å². The molecule has 1 aromatic rings. The summed E-state index contributed by atoms with van der Waals surface area (Å²) in [5.41, 5.74) is -0.533. The summed E-state index contributed by atoms with van der Waals surface area (Å²) in [7, 11) is 0. The van der Waals surface area contributed by atoms with Crippen LogP contribution in [0.3, 0.4) is 0 Å². The van der Waals surface area contributed by atoms with Gasteiger partial charge in [-0.3, -0.25) is 4.90 Å². The lowest BCUT2D eigenvalue weighted by Crippen LogP contribution is -2.45. The summed E-state index contributed by atoms with van der Waals surface area (Å²) in [6.07, 6.45) is 0.839. The van der Waals surface area contributed by atoms with Crippen LogP contribution in [0.25, 0.3) is 0 Å². The normalized spacial score (nSPS) is 20.8. The monoisotopic (exact) mass is 255 g/mol. The summed E-state index contributed by atoms with van der Waals surface area (Å²) in [4.78, 5) is 13.6. The van der Waals surface area contributed by atoms with Crippen LogP contribution in [0, 0.1) is 0 Å². The number of aromatic nitrogens is 2. The van der Waals surface area contributed by atoms with Crippen molar-refractivity contribution in [2.24, 2.45) is 0 Å². The summed E-state index contributed by atoms with van der Waals surface area (Å²) in [5, 5.41) is 7.44. The first-order chi connectivity index (χ1) is 8.47. The van der Waals surface area contributed by atoms with E-state index in [1.165, 1.54) is 6.39 Å². The maximum Gasteiger partial charge on any atom is 0.411 e. The van der Waals surface area contributed by atoms with E-state index < -0.39 is 11.7 Å². The van der Waals surface area contributed by atoms with E-state index in [2.05, 4.69) is 10.2 Å². The van der Waals surface area contributed by atoms with E-state index in [0.717, 1.165) is 0 Å². The minimum atomic E-state index is -0.533. The Hall–Kier alpha value is -1.63. The number of morpholine rings is 1. The van der Waals surface area contributed by atoms with Gasteiger partial charge in [-0.1, -0.05) is 0 Å². The molecule has 1 aliphatic rings. The Kier molecular flexibility index (Phi) is 3.51. The van der Waals surface area contributed by atoms with Crippen LogP contribution >= 0.6 is 0 Å². The van der Waals surface area contributed by atoms with Crippen molar-refractivity contribution in [3.63, 3.8) is 0 Å². The topological polar surface area (TPSA) is 77.7 Å². The molecule has 0 radical (unpaired) electrons. The van der Waals surface area contributed by atoms with Crippen molar-refractivity contribution in [2.75, 3.05) is 19.8 Å². The quantitative estimate of drug-likeness (QED) is 0.754. The number of rotatable bonds is 1. The fourth-order valence-corrected chi connectivity index (χ4v) is 1.67. The number of carbonyl (C=O) groups excluding carboxylic acids is 1. The number of nitrogens with zero attached hydrogens (tertiary/aromatic N) is 3. The van der Waals surface area contributed by atoms with Gasteiger partial charge in [0.1, 0.15) is 11.6 Å². The predicted octanol–water partition coefficient (Wildman–Crippen LogP) is 1.38. The highest BCUT2D eigenvalue weighted by atomic mass is 16.6. The maximum atomic E-state index is 12.1. The van der Waals surface area contributed by atoms with Gasteiger partial charge in [-0.05, 0) is 20.8 Å². The van der Waals surface area contributed by atoms with Crippen molar-refractivity contribution in [1.82, 2.24) is 15.1 Å². The highest BCUT2D eigenvalue weighted by molar-refractivity contribution is 5.68. The molecule has 2 heterocycles. The van der Waals surface area contributed by atoms with E-state index in [9.17, 15) is 4.79 Å². The molecule has 1 aliphatic heterocycles. The third kappa shape index (κ3) is 2.98. The minimum Gasteiger partial charge on any atom is -0.444 e. The number of hydrogen-bond acceptors (Lipinski definition) is 6. The second-order valence-corrected chi connectivity index (χ2v) is 5.04. The molecule has 1 fully saturated rings. The van der Waals surface area contributed by atoms with Crippen LogP contribution in [0.2, 0.25) is 0 Å². The molecule has 0 spiro atoms. The summed E-state index contributed by atoms with van der Waals surface area (Å²) >= 11 is 0. The van der Waals surface area contributed by atoms with Crippen LogP contribution in [-0.2, 0) is 9.47 Å². The van der Waals surface area contributed by atoms with Gasteiger partial charge in [0.2, 0.25) is 12.3 Å². The molecule has 0 unspecified atom stereocenters. The van der Waals surface area contributed by atoms with E-state index in [-0.39, 0.29) is 6.04 Å². The molecule has 18 heavy (non-hydrogen) atoms. The van der Waals surface area contributed by atoms with Gasteiger partial charge in [0.15, 0.2) is 0 Å². The van der Waals surface area contributed by atoms with Crippen molar-refractivity contribution in [3.05, 3.63) is 12.3 Å². The Morgan fingerprint density at radius 2 is 2.33 bits per heavy atom. The Labute approximate surface area is 105 Å². The fraction of sp³-hybridized carbons (Fsp3) is 0.727. The summed E-state index contributed by atoms with van der Waals surface area (Å²) in [6.45, 7) is 6.74. The first kappa shape index (κ1) is 12.8. The Balaban J connectivity index is 2.11.